The summed E-state index contributed by atoms with van der Waals surface area (Å²) in [4.78, 5) is 17.2. The summed E-state index contributed by atoms with van der Waals surface area (Å²) in [6, 6.07) is 9.76. The lowest BCUT2D eigenvalue weighted by molar-refractivity contribution is 0.0729. The van der Waals surface area contributed by atoms with Crippen molar-refractivity contribution in [3.63, 3.8) is 0 Å². The van der Waals surface area contributed by atoms with Gasteiger partial charge in [0.1, 0.15) is 16.4 Å². The number of carbonyl (C=O) groups excluding carboxylic acids is 1. The highest BCUT2D eigenvalue weighted by atomic mass is 32.2. The van der Waals surface area contributed by atoms with Crippen LogP contribution in [-0.2, 0) is 14.8 Å². The fourth-order valence-corrected chi connectivity index (χ4v) is 5.68. The number of rotatable bonds is 6. The fourth-order valence-electron chi connectivity index (χ4n) is 3.20. The van der Waals surface area contributed by atoms with Gasteiger partial charge in [-0.25, -0.2) is 13.4 Å². The Bertz CT molecular complexity index is 1220. The quantitative estimate of drug-likeness (QED) is 0.599. The van der Waals surface area contributed by atoms with Crippen molar-refractivity contribution in [3.05, 3.63) is 42.0 Å². The fraction of sp³-hybridized carbons (Fsp3) is 0.300. The third-order valence-corrected chi connectivity index (χ3v) is 7.68. The van der Waals surface area contributed by atoms with Gasteiger partial charge in [-0.1, -0.05) is 11.3 Å². The Morgan fingerprint density at radius 1 is 1.13 bits per heavy atom. The molecule has 0 aliphatic carbocycles. The molecule has 1 N–H and O–H groups in total. The van der Waals surface area contributed by atoms with Gasteiger partial charge in [-0.05, 0) is 36.4 Å². The molecule has 2 heterocycles. The van der Waals surface area contributed by atoms with Gasteiger partial charge in [-0.15, -0.1) is 0 Å². The first-order valence-corrected chi connectivity index (χ1v) is 11.7. The molecule has 4 rings (SSSR count). The number of hydrogen-bond donors (Lipinski definition) is 1. The Labute approximate surface area is 183 Å². The highest BCUT2D eigenvalue weighted by molar-refractivity contribution is 7.89. The summed E-state index contributed by atoms with van der Waals surface area (Å²) in [5, 5.41) is 3.14. The Kier molecular flexibility index (Phi) is 6.10. The van der Waals surface area contributed by atoms with Crippen molar-refractivity contribution in [2.24, 2.45) is 0 Å². The van der Waals surface area contributed by atoms with Crippen molar-refractivity contribution in [1.29, 1.82) is 0 Å². The van der Waals surface area contributed by atoms with Gasteiger partial charge in [0.15, 0.2) is 5.13 Å². The van der Waals surface area contributed by atoms with Crippen LogP contribution in [0.2, 0.25) is 0 Å². The topological polar surface area (TPSA) is 107 Å². The molecule has 2 aromatic carbocycles. The number of sulfonamides is 1. The normalized spacial score (nSPS) is 15.0. The molecule has 1 aliphatic heterocycles. The number of methoxy groups -OCH3 is 2. The lowest BCUT2D eigenvalue weighted by atomic mass is 10.2. The molecular weight excluding hydrogens is 442 g/mol. The summed E-state index contributed by atoms with van der Waals surface area (Å²) in [5.74, 6) is 0.407. The lowest BCUT2D eigenvalue weighted by Gasteiger charge is -2.26. The molecule has 0 bridgehead atoms. The van der Waals surface area contributed by atoms with Gasteiger partial charge in [0.2, 0.25) is 10.0 Å². The standard InChI is InChI=1S/C20H21N3O6S2/c1-27-14-4-5-15-17(12-14)30-20(21-15)22-19(24)13-3-6-16(28-2)18(11-13)31(25,26)23-7-9-29-10-8-23/h3-6,11-12H,7-10H2,1-2H3,(H,21,22,24). The van der Waals surface area contributed by atoms with Gasteiger partial charge in [-0.2, -0.15) is 4.31 Å². The van der Waals surface area contributed by atoms with Gasteiger partial charge in [0.05, 0.1) is 37.6 Å². The van der Waals surface area contributed by atoms with Crippen molar-refractivity contribution < 1.29 is 27.4 Å². The third kappa shape index (κ3) is 4.35. The van der Waals surface area contributed by atoms with E-state index in [1.54, 1.807) is 19.2 Å². The number of morpholine rings is 1. The van der Waals surface area contributed by atoms with Crippen LogP contribution in [0.25, 0.3) is 10.2 Å². The predicted octanol–water partition coefficient (Wildman–Crippen LogP) is 2.59. The average molecular weight is 464 g/mol. The molecule has 11 heteroatoms. The van der Waals surface area contributed by atoms with Gasteiger partial charge in [0, 0.05) is 18.7 Å². The Morgan fingerprint density at radius 3 is 2.61 bits per heavy atom. The van der Waals surface area contributed by atoms with E-state index in [9.17, 15) is 13.2 Å². The van der Waals surface area contributed by atoms with Crippen molar-refractivity contribution >= 4 is 42.6 Å². The number of aromatic nitrogens is 1. The summed E-state index contributed by atoms with van der Waals surface area (Å²) < 4.78 is 44.1. The number of anilines is 1. The largest absolute Gasteiger partial charge is 0.497 e. The van der Waals surface area contributed by atoms with E-state index in [0.717, 1.165) is 10.2 Å². The molecule has 0 saturated carbocycles. The molecule has 3 aromatic rings. The molecule has 164 valence electrons. The number of amides is 1. The molecular formula is C20H21N3O6S2. The SMILES string of the molecule is COc1ccc2nc(NC(=O)c3ccc(OC)c(S(=O)(=O)N4CCOCC4)c3)sc2c1. The molecule has 0 spiro atoms. The van der Waals surface area contributed by atoms with Gasteiger partial charge in [-0.3, -0.25) is 10.1 Å². The van der Waals surface area contributed by atoms with E-state index in [1.165, 1.54) is 41.0 Å². The van der Waals surface area contributed by atoms with Crippen molar-refractivity contribution in [2.75, 3.05) is 45.8 Å². The van der Waals surface area contributed by atoms with Crippen LogP contribution in [0.15, 0.2) is 41.3 Å². The second kappa shape index (κ2) is 8.79. The van der Waals surface area contributed by atoms with Gasteiger partial charge >= 0.3 is 0 Å². The number of ether oxygens (including phenoxy) is 3. The molecule has 1 aliphatic rings. The van der Waals surface area contributed by atoms with Gasteiger partial charge in [0.25, 0.3) is 5.91 Å². The van der Waals surface area contributed by atoms with Crippen molar-refractivity contribution in [3.8, 4) is 11.5 Å². The first-order chi connectivity index (χ1) is 14.9. The summed E-state index contributed by atoms with van der Waals surface area (Å²) in [7, 11) is -0.868. The highest BCUT2D eigenvalue weighted by Crippen LogP contribution is 2.31. The van der Waals surface area contributed by atoms with E-state index in [0.29, 0.717) is 24.1 Å². The lowest BCUT2D eigenvalue weighted by Crippen LogP contribution is -2.40. The Balaban J connectivity index is 1.62. The van der Waals surface area contributed by atoms with Crippen molar-refractivity contribution in [1.82, 2.24) is 9.29 Å². The Morgan fingerprint density at radius 2 is 1.90 bits per heavy atom. The van der Waals surface area contributed by atoms with Crippen LogP contribution < -0.4 is 14.8 Å². The summed E-state index contributed by atoms with van der Waals surface area (Å²) >= 11 is 1.30. The molecule has 31 heavy (non-hydrogen) atoms. The highest BCUT2D eigenvalue weighted by Gasteiger charge is 2.30. The zero-order valence-corrected chi connectivity index (χ0v) is 18.6. The third-order valence-electron chi connectivity index (χ3n) is 4.83. The predicted molar refractivity (Wildman–Crippen MR) is 117 cm³/mol. The van der Waals surface area contributed by atoms with Crippen LogP contribution in [0.5, 0.6) is 11.5 Å². The second-order valence-electron chi connectivity index (χ2n) is 6.69. The van der Waals surface area contributed by atoms with E-state index in [4.69, 9.17) is 14.2 Å². The zero-order chi connectivity index (χ0) is 22.0. The maximum absolute atomic E-state index is 13.1. The van der Waals surface area contributed by atoms with E-state index in [-0.39, 0.29) is 29.3 Å². The number of carbonyl (C=O) groups is 1. The number of thiazole rings is 1. The van der Waals surface area contributed by atoms with Crippen LogP contribution in [0, 0.1) is 0 Å². The molecule has 9 nitrogen and oxygen atoms in total. The van der Waals surface area contributed by atoms with Gasteiger partial charge < -0.3 is 14.2 Å². The minimum Gasteiger partial charge on any atom is -0.497 e. The second-order valence-corrected chi connectivity index (χ2v) is 9.63. The first kappa shape index (κ1) is 21.5. The van der Waals surface area contributed by atoms with E-state index < -0.39 is 15.9 Å². The molecule has 1 aromatic heterocycles. The van der Waals surface area contributed by atoms with E-state index in [2.05, 4.69) is 10.3 Å². The number of hydrogen-bond acceptors (Lipinski definition) is 8. The summed E-state index contributed by atoms with van der Waals surface area (Å²) in [6.07, 6.45) is 0. The number of fused-ring (bicyclic) bond motifs is 1. The summed E-state index contributed by atoms with van der Waals surface area (Å²) in [5.41, 5.74) is 0.913. The minimum absolute atomic E-state index is 0.0569. The zero-order valence-electron chi connectivity index (χ0n) is 17.0. The summed E-state index contributed by atoms with van der Waals surface area (Å²) in [6.45, 7) is 1.14. The van der Waals surface area contributed by atoms with Crippen LogP contribution in [0.3, 0.4) is 0 Å². The van der Waals surface area contributed by atoms with E-state index in [1.807, 2.05) is 6.07 Å². The number of nitrogens with one attached hydrogen (secondary N) is 1. The monoisotopic (exact) mass is 463 g/mol. The number of benzene rings is 2. The van der Waals surface area contributed by atoms with Crippen molar-refractivity contribution in [2.45, 2.75) is 4.90 Å². The molecule has 1 fully saturated rings. The molecule has 0 radical (unpaired) electrons. The van der Waals surface area contributed by atoms with Crippen LogP contribution in [0.4, 0.5) is 5.13 Å². The average Bonchev–Trinajstić information content (AvgIpc) is 3.20. The molecule has 1 amide bonds. The minimum atomic E-state index is -3.84. The Hall–Kier alpha value is -2.73. The van der Waals surface area contributed by atoms with Crippen LogP contribution in [-0.4, -0.2) is 64.1 Å². The van der Waals surface area contributed by atoms with E-state index >= 15 is 0 Å². The molecule has 0 unspecified atom stereocenters. The molecule has 1 saturated heterocycles. The molecule has 0 atom stereocenters. The first-order valence-electron chi connectivity index (χ1n) is 9.44. The van der Waals surface area contributed by atoms with Crippen LogP contribution >= 0.6 is 11.3 Å². The smallest absolute Gasteiger partial charge is 0.257 e. The van der Waals surface area contributed by atoms with Crippen LogP contribution in [0.1, 0.15) is 10.4 Å². The maximum Gasteiger partial charge on any atom is 0.257 e. The number of nitrogens with zero attached hydrogens (tertiary/aromatic N) is 2. The maximum atomic E-state index is 13.1.